The smallest absolute Gasteiger partial charge is 0.234 e. The van der Waals surface area contributed by atoms with Crippen LogP contribution in [0.4, 0.5) is 10.1 Å². The minimum atomic E-state index is -3.58. The topological polar surface area (TPSA) is 61.4 Å². The first-order valence-electron chi connectivity index (χ1n) is 6.35. The Kier molecular flexibility index (Phi) is 5.20. The molecule has 8 heteroatoms. The molecule has 1 heterocycles. The fraction of sp³-hybridized carbons (Fsp3) is 0.500. The lowest BCUT2D eigenvalue weighted by Gasteiger charge is -2.26. The van der Waals surface area contributed by atoms with Crippen molar-refractivity contribution < 1.29 is 12.8 Å². The van der Waals surface area contributed by atoms with Crippen molar-refractivity contribution in [3.8, 4) is 0 Å². The summed E-state index contributed by atoms with van der Waals surface area (Å²) in [5.41, 5.74) is -0.113. The summed E-state index contributed by atoms with van der Waals surface area (Å²) < 4.78 is 39.8. The number of nitrogens with one attached hydrogen (secondary N) is 2. The molecule has 1 aromatic rings. The van der Waals surface area contributed by atoms with Gasteiger partial charge in [-0.2, -0.15) is 0 Å². The van der Waals surface area contributed by atoms with Crippen LogP contribution in [0.5, 0.6) is 0 Å². The van der Waals surface area contributed by atoms with E-state index in [2.05, 4.69) is 14.9 Å². The third kappa shape index (κ3) is 4.31. The Labute approximate surface area is 123 Å². The summed E-state index contributed by atoms with van der Waals surface area (Å²) in [6.45, 7) is 3.79. The maximum Gasteiger partial charge on any atom is 0.234 e. The monoisotopic (exact) mass is 321 g/mol. The van der Waals surface area contributed by atoms with Crippen molar-refractivity contribution in [3.05, 3.63) is 29.0 Å². The van der Waals surface area contributed by atoms with Crippen LogP contribution in [0.15, 0.2) is 18.2 Å². The number of halogens is 2. The minimum Gasteiger partial charge on any atom is -0.314 e. The highest BCUT2D eigenvalue weighted by Crippen LogP contribution is 2.22. The Balaban J connectivity index is 1.94. The molecule has 0 atom stereocenters. The molecule has 1 aromatic carbocycles. The second-order valence-corrected chi connectivity index (χ2v) is 6.86. The maximum atomic E-state index is 13.6. The summed E-state index contributed by atoms with van der Waals surface area (Å²) >= 11 is 5.62. The van der Waals surface area contributed by atoms with Crippen LogP contribution in [0.2, 0.25) is 5.02 Å². The van der Waals surface area contributed by atoms with E-state index in [1.54, 1.807) is 0 Å². The van der Waals surface area contributed by atoms with Gasteiger partial charge >= 0.3 is 0 Å². The second-order valence-electron chi connectivity index (χ2n) is 4.61. The van der Waals surface area contributed by atoms with E-state index >= 15 is 0 Å². The van der Waals surface area contributed by atoms with Crippen LogP contribution >= 0.6 is 11.6 Å². The molecule has 0 spiro atoms. The molecule has 0 aromatic heterocycles. The van der Waals surface area contributed by atoms with Gasteiger partial charge in [0.1, 0.15) is 0 Å². The van der Waals surface area contributed by atoms with Crippen molar-refractivity contribution >= 4 is 27.3 Å². The number of sulfonamides is 1. The average molecular weight is 322 g/mol. The first kappa shape index (κ1) is 15.5. The van der Waals surface area contributed by atoms with Crippen LogP contribution in [-0.2, 0) is 10.0 Å². The van der Waals surface area contributed by atoms with Crippen LogP contribution in [0.3, 0.4) is 0 Å². The van der Waals surface area contributed by atoms with Gasteiger partial charge in [0.2, 0.25) is 10.0 Å². The Morgan fingerprint density at radius 2 is 2.05 bits per heavy atom. The minimum absolute atomic E-state index is 0.0705. The van der Waals surface area contributed by atoms with Crippen molar-refractivity contribution in [1.82, 2.24) is 10.2 Å². The molecule has 0 bridgehead atoms. The van der Waals surface area contributed by atoms with Gasteiger partial charge in [0, 0.05) is 32.7 Å². The molecule has 5 nitrogen and oxygen atoms in total. The van der Waals surface area contributed by atoms with E-state index in [1.807, 2.05) is 0 Å². The Hall–Kier alpha value is -0.890. The van der Waals surface area contributed by atoms with Gasteiger partial charge in [-0.25, -0.2) is 12.8 Å². The normalized spacial score (nSPS) is 17.1. The summed E-state index contributed by atoms with van der Waals surface area (Å²) in [5.74, 6) is -0.821. The molecular weight excluding hydrogens is 305 g/mol. The van der Waals surface area contributed by atoms with Crippen molar-refractivity contribution in [1.29, 1.82) is 0 Å². The Morgan fingerprint density at radius 3 is 2.75 bits per heavy atom. The van der Waals surface area contributed by atoms with Gasteiger partial charge in [0.05, 0.1) is 16.5 Å². The third-order valence-corrected chi connectivity index (χ3v) is 4.65. The van der Waals surface area contributed by atoms with Gasteiger partial charge in [-0.05, 0) is 12.1 Å². The molecule has 0 saturated carbocycles. The molecule has 0 aliphatic carbocycles. The Morgan fingerprint density at radius 1 is 1.35 bits per heavy atom. The molecule has 1 aliphatic rings. The zero-order valence-electron chi connectivity index (χ0n) is 10.9. The zero-order chi connectivity index (χ0) is 14.6. The number of hydrogen-bond donors (Lipinski definition) is 2. The summed E-state index contributed by atoms with van der Waals surface area (Å²) in [6.07, 6.45) is 0. The fourth-order valence-electron chi connectivity index (χ4n) is 1.99. The molecule has 1 saturated heterocycles. The van der Waals surface area contributed by atoms with Crippen molar-refractivity contribution in [3.63, 3.8) is 0 Å². The maximum absolute atomic E-state index is 13.6. The lowest BCUT2D eigenvalue weighted by Crippen LogP contribution is -2.45. The highest BCUT2D eigenvalue weighted by molar-refractivity contribution is 7.92. The van der Waals surface area contributed by atoms with Crippen LogP contribution < -0.4 is 10.0 Å². The van der Waals surface area contributed by atoms with E-state index in [9.17, 15) is 12.8 Å². The van der Waals surface area contributed by atoms with Crippen LogP contribution in [0, 0.1) is 5.82 Å². The second kappa shape index (κ2) is 6.71. The molecule has 2 N–H and O–H groups in total. The molecule has 1 fully saturated rings. The SMILES string of the molecule is O=S(=O)(CCN1CCNCC1)Nc1cccc(Cl)c1F. The molecule has 0 unspecified atom stereocenters. The zero-order valence-corrected chi connectivity index (χ0v) is 12.5. The first-order valence-corrected chi connectivity index (χ1v) is 8.38. The van der Waals surface area contributed by atoms with Crippen molar-refractivity contribution in [2.45, 2.75) is 0 Å². The van der Waals surface area contributed by atoms with Crippen molar-refractivity contribution in [2.24, 2.45) is 0 Å². The number of nitrogens with zero attached hydrogens (tertiary/aromatic N) is 1. The molecule has 0 amide bonds. The number of benzene rings is 1. The number of anilines is 1. The molecule has 2 rings (SSSR count). The summed E-state index contributed by atoms with van der Waals surface area (Å²) in [6, 6.07) is 4.22. The van der Waals surface area contributed by atoms with Crippen LogP contribution in [-0.4, -0.2) is 51.8 Å². The Bertz CT molecular complexity index is 562. The summed E-state index contributed by atoms with van der Waals surface area (Å²) in [4.78, 5) is 2.06. The molecule has 0 radical (unpaired) electrons. The van der Waals surface area contributed by atoms with Crippen molar-refractivity contribution in [2.75, 3.05) is 43.2 Å². The number of hydrogen-bond acceptors (Lipinski definition) is 4. The third-order valence-electron chi connectivity index (χ3n) is 3.10. The fourth-order valence-corrected chi connectivity index (χ4v) is 3.25. The lowest BCUT2D eigenvalue weighted by atomic mass is 10.3. The number of piperazine rings is 1. The van der Waals surface area contributed by atoms with Crippen LogP contribution in [0.25, 0.3) is 0 Å². The van der Waals surface area contributed by atoms with Gasteiger partial charge < -0.3 is 5.32 Å². The van der Waals surface area contributed by atoms with Gasteiger partial charge in [-0.15, -0.1) is 0 Å². The van der Waals surface area contributed by atoms with E-state index < -0.39 is 15.8 Å². The molecule has 112 valence electrons. The van der Waals surface area contributed by atoms with Gasteiger partial charge in [-0.1, -0.05) is 17.7 Å². The molecular formula is C12H17ClFN3O2S. The van der Waals surface area contributed by atoms with E-state index in [0.29, 0.717) is 6.54 Å². The van der Waals surface area contributed by atoms with Gasteiger partial charge in [0.25, 0.3) is 0 Å². The van der Waals surface area contributed by atoms with E-state index in [1.165, 1.54) is 18.2 Å². The van der Waals surface area contributed by atoms with E-state index in [0.717, 1.165) is 26.2 Å². The van der Waals surface area contributed by atoms with Crippen LogP contribution in [0.1, 0.15) is 0 Å². The summed E-state index contributed by atoms with van der Waals surface area (Å²) in [5, 5.41) is 3.09. The molecule has 20 heavy (non-hydrogen) atoms. The predicted molar refractivity (Wildman–Crippen MR) is 78.1 cm³/mol. The van der Waals surface area contributed by atoms with Gasteiger partial charge in [-0.3, -0.25) is 9.62 Å². The highest BCUT2D eigenvalue weighted by Gasteiger charge is 2.17. The van der Waals surface area contributed by atoms with E-state index in [-0.39, 0.29) is 16.5 Å². The molecule has 1 aliphatic heterocycles. The standard InChI is InChI=1S/C12H17ClFN3O2S/c13-10-2-1-3-11(12(10)14)16-20(18,19)9-8-17-6-4-15-5-7-17/h1-3,15-16H,4-9H2. The van der Waals surface area contributed by atoms with Gasteiger partial charge in [0.15, 0.2) is 5.82 Å². The van der Waals surface area contributed by atoms with E-state index in [4.69, 9.17) is 11.6 Å². The largest absolute Gasteiger partial charge is 0.314 e. The number of rotatable bonds is 5. The average Bonchev–Trinajstić information content (AvgIpc) is 2.43. The predicted octanol–water partition coefficient (Wildman–Crippen LogP) is 1.13. The lowest BCUT2D eigenvalue weighted by molar-refractivity contribution is 0.254. The quantitative estimate of drug-likeness (QED) is 0.853. The first-order chi connectivity index (χ1) is 9.48. The summed E-state index contributed by atoms with van der Waals surface area (Å²) in [7, 11) is -3.58. The highest BCUT2D eigenvalue weighted by atomic mass is 35.5.